The number of thiazole rings is 1. The van der Waals surface area contributed by atoms with Gasteiger partial charge >= 0.3 is 0 Å². The van der Waals surface area contributed by atoms with Crippen LogP contribution in [-0.4, -0.2) is 4.98 Å². The lowest BCUT2D eigenvalue weighted by Crippen LogP contribution is -1.74. The molecule has 2 aromatic rings. The predicted molar refractivity (Wildman–Crippen MR) is 51.4 cm³/mol. The van der Waals surface area contributed by atoms with E-state index in [1.807, 2.05) is 29.6 Å². The number of benzene rings is 1. The number of rotatable bonds is 1. The van der Waals surface area contributed by atoms with Crippen LogP contribution in [0.4, 0.5) is 0 Å². The molecule has 2 rings (SSSR count). The molecule has 0 aliphatic rings. The highest BCUT2D eigenvalue weighted by atomic mass is 35.5. The minimum Gasteiger partial charge on any atom is -0.233 e. The molecule has 3 heteroatoms. The Kier molecular flexibility index (Phi) is 2.11. The van der Waals surface area contributed by atoms with Crippen LogP contribution in [0.5, 0.6) is 0 Å². The van der Waals surface area contributed by atoms with E-state index < -0.39 is 0 Å². The number of aromatic nitrogens is 1. The fourth-order valence-corrected chi connectivity index (χ4v) is 1.57. The summed E-state index contributed by atoms with van der Waals surface area (Å²) in [6.45, 7) is 0. The lowest BCUT2D eigenvalue weighted by molar-refractivity contribution is 1.40. The zero-order chi connectivity index (χ0) is 8.39. The molecule has 0 unspecified atom stereocenters. The van der Waals surface area contributed by atoms with Crippen LogP contribution in [0.25, 0.3) is 11.3 Å². The van der Waals surface area contributed by atoms with Crippen molar-refractivity contribution in [3.05, 3.63) is 40.2 Å². The average Bonchev–Trinajstić information content (AvgIpc) is 2.58. The van der Waals surface area contributed by atoms with Crippen LogP contribution < -0.4 is 0 Å². The standard InChI is InChI=1S/C9H5ClNS/c10-8-3-1-7(2-4-8)9-5-12-6-11-9/h1-5H. The van der Waals surface area contributed by atoms with Gasteiger partial charge in [-0.25, -0.2) is 4.98 Å². The maximum Gasteiger partial charge on any atom is 0.152 e. The summed E-state index contributed by atoms with van der Waals surface area (Å²) in [7, 11) is 0. The SMILES string of the molecule is Clc1ccc(-c2cs[c]n2)cc1. The zero-order valence-electron chi connectivity index (χ0n) is 6.12. The Morgan fingerprint density at radius 1 is 1.25 bits per heavy atom. The van der Waals surface area contributed by atoms with Crippen molar-refractivity contribution in [2.45, 2.75) is 0 Å². The second kappa shape index (κ2) is 3.25. The van der Waals surface area contributed by atoms with Crippen molar-refractivity contribution in [3.8, 4) is 11.3 Å². The molecular formula is C9H5ClNS. The number of hydrogen-bond acceptors (Lipinski definition) is 2. The first-order valence-electron chi connectivity index (χ1n) is 3.44. The van der Waals surface area contributed by atoms with Crippen LogP contribution in [0.2, 0.25) is 5.02 Å². The van der Waals surface area contributed by atoms with Gasteiger partial charge < -0.3 is 0 Å². The van der Waals surface area contributed by atoms with Crippen molar-refractivity contribution in [1.29, 1.82) is 0 Å². The lowest BCUT2D eigenvalue weighted by atomic mass is 10.2. The third-order valence-electron chi connectivity index (χ3n) is 1.53. The van der Waals surface area contributed by atoms with E-state index in [0.717, 1.165) is 16.3 Å². The van der Waals surface area contributed by atoms with Gasteiger partial charge in [0, 0.05) is 16.0 Å². The van der Waals surface area contributed by atoms with Crippen LogP contribution >= 0.6 is 22.9 Å². The molecule has 0 aliphatic carbocycles. The van der Waals surface area contributed by atoms with E-state index in [1.54, 1.807) is 0 Å². The third-order valence-corrected chi connectivity index (χ3v) is 2.32. The van der Waals surface area contributed by atoms with Gasteiger partial charge in [0.15, 0.2) is 5.51 Å². The third kappa shape index (κ3) is 1.49. The van der Waals surface area contributed by atoms with Crippen LogP contribution in [0.1, 0.15) is 0 Å². The van der Waals surface area contributed by atoms with Crippen molar-refractivity contribution in [2.75, 3.05) is 0 Å². The first kappa shape index (κ1) is 7.77. The molecule has 12 heavy (non-hydrogen) atoms. The quantitative estimate of drug-likeness (QED) is 0.679. The van der Waals surface area contributed by atoms with E-state index >= 15 is 0 Å². The number of hydrogen-bond donors (Lipinski definition) is 0. The summed E-state index contributed by atoms with van der Waals surface area (Å²) >= 11 is 7.22. The van der Waals surface area contributed by atoms with E-state index in [-0.39, 0.29) is 0 Å². The lowest BCUT2D eigenvalue weighted by Gasteiger charge is -1.94. The Hall–Kier alpha value is -0.860. The van der Waals surface area contributed by atoms with Crippen molar-refractivity contribution in [1.82, 2.24) is 4.98 Å². The Balaban J connectivity index is 2.43. The van der Waals surface area contributed by atoms with Gasteiger partial charge in [-0.15, -0.1) is 11.3 Å². The molecule has 0 amide bonds. The zero-order valence-corrected chi connectivity index (χ0v) is 7.69. The van der Waals surface area contributed by atoms with Crippen molar-refractivity contribution in [2.24, 2.45) is 0 Å². The van der Waals surface area contributed by atoms with Gasteiger partial charge in [-0.1, -0.05) is 23.7 Å². The molecule has 0 aliphatic heterocycles. The monoisotopic (exact) mass is 194 g/mol. The van der Waals surface area contributed by atoms with Gasteiger partial charge in [-0.3, -0.25) is 0 Å². The van der Waals surface area contributed by atoms with Gasteiger partial charge in [-0.05, 0) is 12.1 Å². The van der Waals surface area contributed by atoms with Gasteiger partial charge in [0.2, 0.25) is 0 Å². The van der Waals surface area contributed by atoms with Crippen molar-refractivity contribution in [3.63, 3.8) is 0 Å². The molecule has 1 aromatic heterocycles. The van der Waals surface area contributed by atoms with Gasteiger partial charge in [-0.2, -0.15) is 0 Å². The maximum atomic E-state index is 5.75. The molecule has 0 saturated heterocycles. The highest BCUT2D eigenvalue weighted by Crippen LogP contribution is 2.20. The first-order chi connectivity index (χ1) is 5.86. The van der Waals surface area contributed by atoms with Gasteiger partial charge in [0.05, 0.1) is 5.69 Å². The molecular weight excluding hydrogens is 190 g/mol. The van der Waals surface area contributed by atoms with Crippen molar-refractivity contribution >= 4 is 22.9 Å². The molecule has 1 heterocycles. The normalized spacial score (nSPS) is 10.1. The number of halogens is 1. The fourth-order valence-electron chi connectivity index (χ4n) is 0.937. The van der Waals surface area contributed by atoms with Crippen LogP contribution in [0, 0.1) is 5.51 Å². The molecule has 0 saturated carbocycles. The topological polar surface area (TPSA) is 12.9 Å². The molecule has 0 bridgehead atoms. The second-order valence-electron chi connectivity index (χ2n) is 2.33. The molecule has 0 atom stereocenters. The van der Waals surface area contributed by atoms with Crippen LogP contribution in [0.3, 0.4) is 0 Å². The molecule has 1 nitrogen and oxygen atoms in total. The first-order valence-corrected chi connectivity index (χ1v) is 4.69. The molecule has 0 N–H and O–H groups in total. The molecule has 0 spiro atoms. The average molecular weight is 195 g/mol. The predicted octanol–water partition coefficient (Wildman–Crippen LogP) is 3.26. The highest BCUT2D eigenvalue weighted by Gasteiger charge is 1.97. The van der Waals surface area contributed by atoms with Gasteiger partial charge in [0.25, 0.3) is 0 Å². The summed E-state index contributed by atoms with van der Waals surface area (Å²) in [5, 5.41) is 2.71. The Bertz CT molecular complexity index is 353. The molecule has 59 valence electrons. The smallest absolute Gasteiger partial charge is 0.152 e. The highest BCUT2D eigenvalue weighted by molar-refractivity contribution is 7.07. The van der Waals surface area contributed by atoms with Gasteiger partial charge in [0.1, 0.15) is 0 Å². The Labute approximate surface area is 79.7 Å². The van der Waals surface area contributed by atoms with E-state index in [0.29, 0.717) is 0 Å². The van der Waals surface area contributed by atoms with E-state index in [4.69, 9.17) is 11.6 Å². The molecule has 1 radical (unpaired) electrons. The Morgan fingerprint density at radius 3 is 2.58 bits per heavy atom. The molecule has 0 fully saturated rings. The maximum absolute atomic E-state index is 5.75. The second-order valence-corrected chi connectivity index (χ2v) is 3.42. The minimum atomic E-state index is 0.748. The van der Waals surface area contributed by atoms with Crippen LogP contribution in [0.15, 0.2) is 29.6 Å². The van der Waals surface area contributed by atoms with Crippen LogP contribution in [-0.2, 0) is 0 Å². The molecule has 1 aromatic carbocycles. The van der Waals surface area contributed by atoms with E-state index in [2.05, 4.69) is 10.5 Å². The fraction of sp³-hybridized carbons (Fsp3) is 0. The summed E-state index contributed by atoms with van der Waals surface area (Å²) in [4.78, 5) is 4.07. The van der Waals surface area contributed by atoms with E-state index in [1.165, 1.54) is 11.3 Å². The number of nitrogens with zero attached hydrogens (tertiary/aromatic N) is 1. The largest absolute Gasteiger partial charge is 0.233 e. The van der Waals surface area contributed by atoms with E-state index in [9.17, 15) is 0 Å². The summed E-state index contributed by atoms with van der Waals surface area (Å²) in [6.07, 6.45) is 0. The summed E-state index contributed by atoms with van der Waals surface area (Å²) in [5.74, 6) is 0. The summed E-state index contributed by atoms with van der Waals surface area (Å²) < 4.78 is 0. The minimum absolute atomic E-state index is 0.748. The Morgan fingerprint density at radius 2 is 2.00 bits per heavy atom. The summed E-state index contributed by atoms with van der Waals surface area (Å²) in [6, 6.07) is 7.61. The summed E-state index contributed by atoms with van der Waals surface area (Å²) in [5.41, 5.74) is 4.84. The van der Waals surface area contributed by atoms with Crippen molar-refractivity contribution < 1.29 is 0 Å².